The maximum absolute atomic E-state index is 13.3. The summed E-state index contributed by atoms with van der Waals surface area (Å²) < 4.78 is 37.9. The molecule has 1 saturated carbocycles. The van der Waals surface area contributed by atoms with Gasteiger partial charge in [0.05, 0.1) is 6.04 Å². The van der Waals surface area contributed by atoms with Crippen LogP contribution < -0.4 is 14.8 Å². The standard InChI is InChI=1S/C27H38F2N2O5.CH4/c28-27(29)11-9-19(10-12-27)22(32)5-1-2-6-25(33)30-21(18-31-13-3-4-14-31)26(34)20-7-8-23-24(17-20)36-16-15-35-23;/h7-8,17,19,21,26,34H,1-6,9-16,18H2,(H,30,33);1H4/t21-,26-;/m1./s1. The Morgan fingerprint density at radius 2 is 1.70 bits per heavy atom. The zero-order valence-electron chi connectivity index (χ0n) is 20.9. The highest BCUT2D eigenvalue weighted by Gasteiger charge is 2.37. The molecule has 4 rings (SSSR count). The summed E-state index contributed by atoms with van der Waals surface area (Å²) in [5, 5.41) is 14.2. The summed E-state index contributed by atoms with van der Waals surface area (Å²) in [5.41, 5.74) is 0.660. The quantitative estimate of drug-likeness (QED) is 0.410. The number of aliphatic hydroxyl groups is 1. The van der Waals surface area contributed by atoms with Crippen molar-refractivity contribution in [3.63, 3.8) is 0 Å². The molecule has 7 nitrogen and oxygen atoms in total. The number of likely N-dealkylation sites (tertiary alicyclic amines) is 1. The van der Waals surface area contributed by atoms with E-state index in [0.29, 0.717) is 56.1 Å². The largest absolute Gasteiger partial charge is 0.486 e. The van der Waals surface area contributed by atoms with E-state index in [1.54, 1.807) is 18.2 Å². The van der Waals surface area contributed by atoms with Crippen molar-refractivity contribution in [2.24, 2.45) is 5.92 Å². The fourth-order valence-corrected chi connectivity index (χ4v) is 5.37. The number of alkyl halides is 2. The van der Waals surface area contributed by atoms with E-state index in [1.165, 1.54) is 0 Å². The van der Waals surface area contributed by atoms with Gasteiger partial charge in [0.25, 0.3) is 0 Å². The minimum absolute atomic E-state index is 0. The summed E-state index contributed by atoms with van der Waals surface area (Å²) in [6.45, 7) is 3.37. The number of amides is 1. The molecule has 1 aromatic rings. The molecular weight excluding hydrogens is 482 g/mol. The van der Waals surface area contributed by atoms with Gasteiger partial charge in [0.2, 0.25) is 11.8 Å². The molecule has 1 aromatic carbocycles. The predicted molar refractivity (Wildman–Crippen MR) is 137 cm³/mol. The number of fused-ring (bicyclic) bond motifs is 1. The number of hydrogen-bond acceptors (Lipinski definition) is 6. The van der Waals surface area contributed by atoms with Crippen LogP contribution in [0.2, 0.25) is 0 Å². The molecule has 1 aliphatic carbocycles. The summed E-state index contributed by atoms with van der Waals surface area (Å²) in [6.07, 6.45) is 3.05. The highest BCUT2D eigenvalue weighted by atomic mass is 19.3. The van der Waals surface area contributed by atoms with Gasteiger partial charge in [-0.1, -0.05) is 13.5 Å². The first-order valence-electron chi connectivity index (χ1n) is 13.3. The molecule has 208 valence electrons. The van der Waals surface area contributed by atoms with Crippen LogP contribution in [0.3, 0.4) is 0 Å². The van der Waals surface area contributed by atoms with Crippen molar-refractivity contribution in [2.75, 3.05) is 32.8 Å². The third-order valence-corrected chi connectivity index (χ3v) is 7.54. The van der Waals surface area contributed by atoms with Crippen LogP contribution in [-0.4, -0.2) is 66.5 Å². The Hall–Kier alpha value is -2.26. The van der Waals surface area contributed by atoms with Crippen molar-refractivity contribution < 1.29 is 33.0 Å². The maximum Gasteiger partial charge on any atom is 0.248 e. The van der Waals surface area contributed by atoms with Gasteiger partial charge < -0.3 is 24.8 Å². The summed E-state index contributed by atoms with van der Waals surface area (Å²) in [5.74, 6) is -1.80. The van der Waals surface area contributed by atoms with Gasteiger partial charge in [0, 0.05) is 38.1 Å². The lowest BCUT2D eigenvalue weighted by Gasteiger charge is -2.29. The second-order valence-electron chi connectivity index (χ2n) is 10.3. The lowest BCUT2D eigenvalue weighted by Crippen LogP contribution is -2.46. The molecule has 0 unspecified atom stereocenters. The molecule has 37 heavy (non-hydrogen) atoms. The van der Waals surface area contributed by atoms with Gasteiger partial charge in [-0.3, -0.25) is 9.59 Å². The van der Waals surface area contributed by atoms with Crippen molar-refractivity contribution >= 4 is 11.7 Å². The molecule has 3 aliphatic rings. The molecule has 0 spiro atoms. The van der Waals surface area contributed by atoms with Crippen molar-refractivity contribution in [3.05, 3.63) is 23.8 Å². The first-order valence-corrected chi connectivity index (χ1v) is 13.3. The number of Topliss-reactive ketones (excluding diaryl/α,β-unsaturated/α-hetero) is 1. The van der Waals surface area contributed by atoms with Crippen LogP contribution in [0.5, 0.6) is 11.5 Å². The Balaban J connectivity index is 0.00000380. The number of unbranched alkanes of at least 4 members (excludes halogenated alkanes) is 1. The smallest absolute Gasteiger partial charge is 0.248 e. The van der Waals surface area contributed by atoms with E-state index in [0.717, 1.165) is 25.9 Å². The Kier molecular flexibility index (Phi) is 10.7. The molecule has 1 saturated heterocycles. The van der Waals surface area contributed by atoms with Crippen LogP contribution in [0, 0.1) is 5.92 Å². The van der Waals surface area contributed by atoms with Crippen molar-refractivity contribution in [1.29, 1.82) is 0 Å². The second-order valence-corrected chi connectivity index (χ2v) is 10.3. The number of ketones is 1. The normalized spacial score (nSPS) is 21.1. The van der Waals surface area contributed by atoms with Crippen LogP contribution in [0.4, 0.5) is 8.78 Å². The maximum atomic E-state index is 13.3. The van der Waals surface area contributed by atoms with E-state index in [9.17, 15) is 23.5 Å². The van der Waals surface area contributed by atoms with E-state index in [-0.39, 0.29) is 57.1 Å². The summed E-state index contributed by atoms with van der Waals surface area (Å²) >= 11 is 0. The number of nitrogens with zero attached hydrogens (tertiary/aromatic N) is 1. The van der Waals surface area contributed by atoms with Crippen molar-refractivity contribution in [2.45, 2.75) is 89.7 Å². The molecule has 2 fully saturated rings. The van der Waals surface area contributed by atoms with E-state index in [2.05, 4.69) is 10.2 Å². The van der Waals surface area contributed by atoms with Crippen molar-refractivity contribution in [1.82, 2.24) is 10.2 Å². The molecule has 9 heteroatoms. The van der Waals surface area contributed by atoms with Gasteiger partial charge in [-0.25, -0.2) is 8.78 Å². The molecular formula is C28H42F2N2O5. The summed E-state index contributed by atoms with van der Waals surface area (Å²) in [7, 11) is 0. The number of ether oxygens (including phenoxy) is 2. The van der Waals surface area contributed by atoms with Gasteiger partial charge >= 0.3 is 0 Å². The molecule has 0 aromatic heterocycles. The van der Waals surface area contributed by atoms with E-state index < -0.39 is 18.1 Å². The number of nitrogens with one attached hydrogen (secondary N) is 1. The number of carbonyl (C=O) groups excluding carboxylic acids is 2. The van der Waals surface area contributed by atoms with Gasteiger partial charge in [0.15, 0.2) is 11.5 Å². The average Bonchev–Trinajstić information content (AvgIpc) is 3.38. The molecule has 2 N–H and O–H groups in total. The lowest BCUT2D eigenvalue weighted by molar-refractivity contribution is -0.127. The molecule has 0 bridgehead atoms. The molecule has 2 atom stereocenters. The minimum Gasteiger partial charge on any atom is -0.486 e. The molecule has 0 radical (unpaired) electrons. The number of aliphatic hydroxyl groups excluding tert-OH is 1. The molecule has 2 aliphatic heterocycles. The Morgan fingerprint density at radius 1 is 1.05 bits per heavy atom. The van der Waals surface area contributed by atoms with E-state index >= 15 is 0 Å². The number of halogens is 2. The zero-order valence-corrected chi connectivity index (χ0v) is 20.9. The van der Waals surface area contributed by atoms with Crippen LogP contribution in [-0.2, 0) is 9.59 Å². The first kappa shape index (κ1) is 29.3. The highest BCUT2D eigenvalue weighted by Crippen LogP contribution is 2.37. The molecule has 2 heterocycles. The number of benzene rings is 1. The number of carbonyl (C=O) groups is 2. The lowest BCUT2D eigenvalue weighted by atomic mass is 9.83. The average molecular weight is 525 g/mol. The van der Waals surface area contributed by atoms with Gasteiger partial charge in [-0.2, -0.15) is 0 Å². The van der Waals surface area contributed by atoms with Gasteiger partial charge in [-0.05, 0) is 69.3 Å². The van der Waals surface area contributed by atoms with Crippen LogP contribution in [0.25, 0.3) is 0 Å². The monoisotopic (exact) mass is 524 g/mol. The summed E-state index contributed by atoms with van der Waals surface area (Å²) in [4.78, 5) is 27.4. The molecule has 1 amide bonds. The second kappa shape index (κ2) is 13.5. The third kappa shape index (κ3) is 8.37. The fourth-order valence-electron chi connectivity index (χ4n) is 5.37. The first-order chi connectivity index (χ1) is 17.3. The third-order valence-electron chi connectivity index (χ3n) is 7.54. The Labute approximate surface area is 218 Å². The topological polar surface area (TPSA) is 88.1 Å². The van der Waals surface area contributed by atoms with Crippen LogP contribution >= 0.6 is 0 Å². The predicted octanol–water partition coefficient (Wildman–Crippen LogP) is 4.66. The minimum atomic E-state index is -2.63. The summed E-state index contributed by atoms with van der Waals surface area (Å²) in [6, 6.07) is 4.87. The van der Waals surface area contributed by atoms with Crippen LogP contribution in [0.15, 0.2) is 18.2 Å². The van der Waals surface area contributed by atoms with Gasteiger partial charge in [-0.15, -0.1) is 0 Å². The SMILES string of the molecule is C.O=C(CCCCC(=O)C1CCC(F)(F)CC1)N[C@H](CN1CCCC1)[C@H](O)c1ccc2c(c1)OCCO2. The fraction of sp³-hybridized carbons (Fsp3) is 0.714. The Bertz CT molecular complexity index is 897. The van der Waals surface area contributed by atoms with E-state index in [4.69, 9.17) is 9.47 Å². The number of rotatable bonds is 11. The van der Waals surface area contributed by atoms with Gasteiger partial charge in [0.1, 0.15) is 25.1 Å². The Morgan fingerprint density at radius 3 is 2.41 bits per heavy atom. The highest BCUT2D eigenvalue weighted by molar-refractivity contribution is 5.81. The van der Waals surface area contributed by atoms with Crippen molar-refractivity contribution in [3.8, 4) is 11.5 Å². The zero-order chi connectivity index (χ0) is 25.5. The van der Waals surface area contributed by atoms with Crippen LogP contribution in [0.1, 0.15) is 83.3 Å². The van der Waals surface area contributed by atoms with E-state index in [1.807, 2.05) is 0 Å². The number of hydrogen-bond donors (Lipinski definition) is 2.